The van der Waals surface area contributed by atoms with E-state index in [9.17, 15) is 10.1 Å². The minimum atomic E-state index is -0.484. The van der Waals surface area contributed by atoms with E-state index in [1.54, 1.807) is 6.21 Å². The van der Waals surface area contributed by atoms with Gasteiger partial charge in [-0.15, -0.1) is 0 Å². The predicted molar refractivity (Wildman–Crippen MR) is 111 cm³/mol. The van der Waals surface area contributed by atoms with E-state index >= 15 is 0 Å². The summed E-state index contributed by atoms with van der Waals surface area (Å²) in [7, 11) is 0. The van der Waals surface area contributed by atoms with E-state index in [4.69, 9.17) is 0 Å². The van der Waals surface area contributed by atoms with Crippen molar-refractivity contribution in [3.8, 4) is 5.69 Å². The fraction of sp³-hybridized carbons (Fsp3) is 0.238. The van der Waals surface area contributed by atoms with Crippen molar-refractivity contribution in [3.05, 3.63) is 81.3 Å². The summed E-state index contributed by atoms with van der Waals surface area (Å²) in [6.07, 6.45) is 2.93. The molecule has 7 heteroatoms. The number of hydrogen-bond acceptors (Lipinski definition) is 5. The third-order valence-corrected chi connectivity index (χ3v) is 4.63. The van der Waals surface area contributed by atoms with Gasteiger partial charge in [0.15, 0.2) is 0 Å². The molecule has 0 amide bonds. The lowest BCUT2D eigenvalue weighted by Crippen LogP contribution is -2.00. The van der Waals surface area contributed by atoms with Gasteiger partial charge in [-0.05, 0) is 49.6 Å². The van der Waals surface area contributed by atoms with E-state index < -0.39 is 4.92 Å². The topological polar surface area (TPSA) is 85.3 Å². The summed E-state index contributed by atoms with van der Waals surface area (Å²) in [5, 5.41) is 14.9. The van der Waals surface area contributed by atoms with Gasteiger partial charge in [-0.2, -0.15) is 5.10 Å². The standard InChI is InChI=1S/C21H23N5O2/c1-14(2)17-5-7-19(8-6-17)25-15(3)11-18(16(25)4)12-23-24-21-10-9-20(13-22-21)26(27)28/h5-14H,1-4H3,(H,22,24)/b23-12+. The Morgan fingerprint density at radius 2 is 1.89 bits per heavy atom. The van der Waals surface area contributed by atoms with Crippen LogP contribution in [0.4, 0.5) is 11.5 Å². The average molecular weight is 377 g/mol. The molecule has 0 aliphatic heterocycles. The van der Waals surface area contributed by atoms with Gasteiger partial charge in [0.25, 0.3) is 5.69 Å². The third kappa shape index (κ3) is 4.09. The third-order valence-electron chi connectivity index (χ3n) is 4.63. The van der Waals surface area contributed by atoms with Crippen LogP contribution >= 0.6 is 0 Å². The molecule has 0 bridgehead atoms. The molecule has 0 aliphatic rings. The van der Waals surface area contributed by atoms with Crippen LogP contribution in [0.2, 0.25) is 0 Å². The summed E-state index contributed by atoms with van der Waals surface area (Å²) in [5.74, 6) is 0.947. The summed E-state index contributed by atoms with van der Waals surface area (Å²) < 4.78 is 2.19. The van der Waals surface area contributed by atoms with E-state index in [0.717, 1.165) is 22.6 Å². The molecular formula is C21H23N5O2. The van der Waals surface area contributed by atoms with Gasteiger partial charge in [0.2, 0.25) is 0 Å². The first-order valence-corrected chi connectivity index (χ1v) is 9.05. The van der Waals surface area contributed by atoms with Crippen molar-refractivity contribution in [1.82, 2.24) is 9.55 Å². The Kier molecular flexibility index (Phi) is 5.54. The van der Waals surface area contributed by atoms with Crippen molar-refractivity contribution in [2.24, 2.45) is 5.10 Å². The average Bonchev–Trinajstić information content (AvgIpc) is 2.95. The van der Waals surface area contributed by atoms with Gasteiger partial charge in [-0.3, -0.25) is 15.5 Å². The highest BCUT2D eigenvalue weighted by Gasteiger charge is 2.10. The number of nitro groups is 1. The Morgan fingerprint density at radius 3 is 2.46 bits per heavy atom. The molecule has 0 aliphatic carbocycles. The first-order valence-electron chi connectivity index (χ1n) is 9.05. The Hall–Kier alpha value is -3.48. The van der Waals surface area contributed by atoms with Gasteiger partial charge in [-0.1, -0.05) is 26.0 Å². The number of nitrogens with one attached hydrogen (secondary N) is 1. The maximum absolute atomic E-state index is 10.7. The molecule has 0 atom stereocenters. The lowest BCUT2D eigenvalue weighted by molar-refractivity contribution is -0.385. The van der Waals surface area contributed by atoms with Crippen molar-refractivity contribution in [3.63, 3.8) is 0 Å². The highest BCUT2D eigenvalue weighted by atomic mass is 16.6. The SMILES string of the molecule is Cc1cc(/C=N/Nc2ccc([N+](=O)[O-])cn2)c(C)n1-c1ccc(C(C)C)cc1. The van der Waals surface area contributed by atoms with Crippen LogP contribution < -0.4 is 5.43 Å². The predicted octanol–water partition coefficient (Wildman–Crippen LogP) is 4.97. The number of pyridine rings is 1. The highest BCUT2D eigenvalue weighted by Crippen LogP contribution is 2.22. The number of rotatable bonds is 6. The van der Waals surface area contributed by atoms with E-state index in [-0.39, 0.29) is 5.69 Å². The second kappa shape index (κ2) is 8.04. The lowest BCUT2D eigenvalue weighted by Gasteiger charge is -2.12. The minimum absolute atomic E-state index is 0.0541. The molecule has 0 fully saturated rings. The van der Waals surface area contributed by atoms with E-state index in [2.05, 4.69) is 78.1 Å². The summed E-state index contributed by atoms with van der Waals surface area (Å²) in [4.78, 5) is 14.2. The zero-order valence-electron chi connectivity index (χ0n) is 16.4. The Labute approximate surface area is 163 Å². The normalized spacial score (nSPS) is 11.3. The molecule has 1 aromatic carbocycles. The number of aromatic nitrogens is 2. The molecule has 7 nitrogen and oxygen atoms in total. The molecule has 2 aromatic heterocycles. The Bertz CT molecular complexity index is 1000. The Balaban J connectivity index is 1.77. The molecule has 3 aromatic rings. The van der Waals surface area contributed by atoms with Gasteiger partial charge >= 0.3 is 0 Å². The van der Waals surface area contributed by atoms with Gasteiger partial charge < -0.3 is 4.57 Å². The molecule has 1 N–H and O–H groups in total. The molecule has 0 radical (unpaired) electrons. The smallest absolute Gasteiger partial charge is 0.287 e. The van der Waals surface area contributed by atoms with Gasteiger partial charge in [0.1, 0.15) is 12.0 Å². The zero-order chi connectivity index (χ0) is 20.3. The molecule has 3 rings (SSSR count). The molecular weight excluding hydrogens is 354 g/mol. The molecule has 0 saturated heterocycles. The number of hydrazone groups is 1. The summed E-state index contributed by atoms with van der Waals surface area (Å²) in [6, 6.07) is 13.6. The number of aryl methyl sites for hydroxylation is 1. The van der Waals surface area contributed by atoms with Crippen molar-refractivity contribution in [2.75, 3.05) is 5.43 Å². The second-order valence-electron chi connectivity index (χ2n) is 6.94. The number of anilines is 1. The molecule has 28 heavy (non-hydrogen) atoms. The molecule has 0 saturated carbocycles. The largest absolute Gasteiger partial charge is 0.318 e. The van der Waals surface area contributed by atoms with Crippen molar-refractivity contribution in [2.45, 2.75) is 33.6 Å². The summed E-state index contributed by atoms with van der Waals surface area (Å²) >= 11 is 0. The maximum Gasteiger partial charge on any atom is 0.287 e. The zero-order valence-corrected chi connectivity index (χ0v) is 16.4. The Morgan fingerprint density at radius 1 is 1.18 bits per heavy atom. The quantitative estimate of drug-likeness (QED) is 0.373. The first kappa shape index (κ1) is 19.3. The van der Waals surface area contributed by atoms with E-state index in [0.29, 0.717) is 11.7 Å². The number of benzene rings is 1. The lowest BCUT2D eigenvalue weighted by atomic mass is 10.0. The van der Waals surface area contributed by atoms with Crippen LogP contribution in [-0.2, 0) is 0 Å². The van der Waals surface area contributed by atoms with Crippen LogP contribution in [0.25, 0.3) is 5.69 Å². The van der Waals surface area contributed by atoms with Crippen LogP contribution in [0.3, 0.4) is 0 Å². The van der Waals surface area contributed by atoms with Crippen LogP contribution in [-0.4, -0.2) is 20.7 Å². The fourth-order valence-corrected chi connectivity index (χ4v) is 3.05. The fourth-order valence-electron chi connectivity index (χ4n) is 3.05. The second-order valence-corrected chi connectivity index (χ2v) is 6.94. The van der Waals surface area contributed by atoms with E-state index in [1.165, 1.54) is 23.9 Å². The molecule has 2 heterocycles. The van der Waals surface area contributed by atoms with Crippen LogP contribution in [0, 0.1) is 24.0 Å². The van der Waals surface area contributed by atoms with E-state index in [1.807, 2.05) is 0 Å². The minimum Gasteiger partial charge on any atom is -0.318 e. The van der Waals surface area contributed by atoms with Crippen molar-refractivity contribution >= 4 is 17.7 Å². The van der Waals surface area contributed by atoms with Crippen molar-refractivity contribution in [1.29, 1.82) is 0 Å². The number of hydrogen-bond donors (Lipinski definition) is 1. The molecule has 0 spiro atoms. The highest BCUT2D eigenvalue weighted by molar-refractivity contribution is 5.82. The van der Waals surface area contributed by atoms with Crippen LogP contribution in [0.1, 0.15) is 42.3 Å². The summed E-state index contributed by atoms with van der Waals surface area (Å²) in [6.45, 7) is 8.48. The summed E-state index contributed by atoms with van der Waals surface area (Å²) in [5.41, 5.74) is 8.36. The van der Waals surface area contributed by atoms with Crippen LogP contribution in [0.5, 0.6) is 0 Å². The first-order chi connectivity index (χ1) is 13.4. The maximum atomic E-state index is 10.7. The van der Waals surface area contributed by atoms with Gasteiger partial charge in [0, 0.05) is 28.7 Å². The van der Waals surface area contributed by atoms with Gasteiger partial charge in [0.05, 0.1) is 11.1 Å². The van der Waals surface area contributed by atoms with Gasteiger partial charge in [-0.25, -0.2) is 4.98 Å². The van der Waals surface area contributed by atoms with Crippen LogP contribution in [0.15, 0.2) is 53.8 Å². The number of nitrogens with zero attached hydrogens (tertiary/aromatic N) is 4. The molecule has 144 valence electrons. The molecule has 0 unspecified atom stereocenters. The van der Waals surface area contributed by atoms with Crippen molar-refractivity contribution < 1.29 is 4.92 Å². The monoisotopic (exact) mass is 377 g/mol.